The number of morpholine rings is 1. The van der Waals surface area contributed by atoms with Crippen molar-refractivity contribution in [1.82, 2.24) is 15.2 Å². The highest BCUT2D eigenvalue weighted by atomic mass is 16.6. The van der Waals surface area contributed by atoms with E-state index in [9.17, 15) is 19.8 Å². The Hall–Kier alpha value is -2.99. The molecule has 0 spiro atoms. The molecule has 2 amide bonds. The molecule has 2 heterocycles. The summed E-state index contributed by atoms with van der Waals surface area (Å²) >= 11 is 0. The second-order valence-electron chi connectivity index (χ2n) is 7.81. The molecule has 34 heavy (non-hydrogen) atoms. The molecule has 188 valence electrons. The summed E-state index contributed by atoms with van der Waals surface area (Å²) in [6, 6.07) is 6.98. The number of ether oxygens (including phenoxy) is 1. The van der Waals surface area contributed by atoms with Gasteiger partial charge in [-0.2, -0.15) is 0 Å². The van der Waals surface area contributed by atoms with Gasteiger partial charge >= 0.3 is 0 Å². The van der Waals surface area contributed by atoms with Gasteiger partial charge in [-0.05, 0) is 25.5 Å². The SMILES string of the molecule is C/C(=N/OCC(=O)NC(Cc1c[nH]c2ccccc12)C(=O)N1CCOCC1)C(O)C(C)O.CO. The molecular formula is C23H34N4O7. The summed E-state index contributed by atoms with van der Waals surface area (Å²) in [4.78, 5) is 35.5. The number of fused-ring (bicyclic) bond motifs is 1. The van der Waals surface area contributed by atoms with Gasteiger partial charge in [0, 0.05) is 43.7 Å². The first-order valence-corrected chi connectivity index (χ1v) is 11.0. The fourth-order valence-corrected chi connectivity index (χ4v) is 3.56. The second-order valence-corrected chi connectivity index (χ2v) is 7.81. The molecule has 3 rings (SSSR count). The predicted octanol–water partition coefficient (Wildman–Crippen LogP) is -0.203. The van der Waals surface area contributed by atoms with Crippen molar-refractivity contribution in [2.75, 3.05) is 40.0 Å². The number of nitrogens with one attached hydrogen (secondary N) is 2. The Morgan fingerprint density at radius 1 is 1.24 bits per heavy atom. The highest BCUT2D eigenvalue weighted by Gasteiger charge is 2.28. The summed E-state index contributed by atoms with van der Waals surface area (Å²) < 4.78 is 5.33. The van der Waals surface area contributed by atoms with Crippen LogP contribution >= 0.6 is 0 Å². The maximum Gasteiger partial charge on any atom is 0.261 e. The van der Waals surface area contributed by atoms with Crippen LogP contribution in [0.5, 0.6) is 0 Å². The molecule has 3 unspecified atom stereocenters. The zero-order valence-electron chi connectivity index (χ0n) is 19.7. The van der Waals surface area contributed by atoms with Crippen LogP contribution in [0.25, 0.3) is 10.9 Å². The molecular weight excluding hydrogens is 444 g/mol. The summed E-state index contributed by atoms with van der Waals surface area (Å²) in [5.41, 5.74) is 2.02. The third-order valence-corrected chi connectivity index (χ3v) is 5.34. The largest absolute Gasteiger partial charge is 0.400 e. The number of benzene rings is 1. The van der Waals surface area contributed by atoms with E-state index in [0.29, 0.717) is 32.7 Å². The van der Waals surface area contributed by atoms with E-state index in [1.165, 1.54) is 13.8 Å². The summed E-state index contributed by atoms with van der Waals surface area (Å²) in [5.74, 6) is -0.698. The van der Waals surface area contributed by atoms with E-state index in [4.69, 9.17) is 14.7 Å². The Balaban J connectivity index is 0.00000199. The highest BCUT2D eigenvalue weighted by Crippen LogP contribution is 2.20. The molecule has 0 saturated carbocycles. The maximum atomic E-state index is 13.2. The lowest BCUT2D eigenvalue weighted by atomic mass is 10.0. The number of aromatic amines is 1. The van der Waals surface area contributed by atoms with E-state index in [0.717, 1.165) is 23.6 Å². The first-order valence-electron chi connectivity index (χ1n) is 11.0. The van der Waals surface area contributed by atoms with Crippen molar-refractivity contribution in [2.24, 2.45) is 5.16 Å². The van der Waals surface area contributed by atoms with Crippen molar-refractivity contribution in [3.63, 3.8) is 0 Å². The van der Waals surface area contributed by atoms with Gasteiger partial charge in [0.1, 0.15) is 12.1 Å². The van der Waals surface area contributed by atoms with Gasteiger partial charge in [0.25, 0.3) is 5.91 Å². The fourth-order valence-electron chi connectivity index (χ4n) is 3.56. The fraction of sp³-hybridized carbons (Fsp3) is 0.522. The van der Waals surface area contributed by atoms with Crippen molar-refractivity contribution in [1.29, 1.82) is 0 Å². The average molecular weight is 479 g/mol. The Labute approximate surface area is 198 Å². The van der Waals surface area contributed by atoms with E-state index in [-0.39, 0.29) is 11.6 Å². The van der Waals surface area contributed by atoms with Crippen LogP contribution in [0, 0.1) is 0 Å². The minimum Gasteiger partial charge on any atom is -0.400 e. The summed E-state index contributed by atoms with van der Waals surface area (Å²) in [7, 11) is 1.00. The molecule has 5 N–H and O–H groups in total. The van der Waals surface area contributed by atoms with Crippen LogP contribution in [0.4, 0.5) is 0 Å². The first kappa shape index (κ1) is 27.3. The lowest BCUT2D eigenvalue weighted by Crippen LogP contribution is -2.53. The van der Waals surface area contributed by atoms with E-state index >= 15 is 0 Å². The monoisotopic (exact) mass is 478 g/mol. The van der Waals surface area contributed by atoms with Crippen molar-refractivity contribution < 1.29 is 34.5 Å². The van der Waals surface area contributed by atoms with Crippen LogP contribution in [0.2, 0.25) is 0 Å². The quantitative estimate of drug-likeness (QED) is 0.247. The zero-order chi connectivity index (χ0) is 25.1. The molecule has 1 aliphatic heterocycles. The Morgan fingerprint density at radius 2 is 1.91 bits per heavy atom. The molecule has 0 aliphatic carbocycles. The first-order chi connectivity index (χ1) is 16.4. The molecule has 0 radical (unpaired) electrons. The second kappa shape index (κ2) is 13.7. The van der Waals surface area contributed by atoms with Crippen molar-refractivity contribution in [2.45, 2.75) is 38.5 Å². The number of aliphatic hydroxyl groups is 3. The maximum absolute atomic E-state index is 13.2. The molecule has 1 aliphatic rings. The third-order valence-electron chi connectivity index (χ3n) is 5.34. The number of H-pyrrole nitrogens is 1. The number of carbonyl (C=O) groups is 2. The number of oxime groups is 1. The number of hydrogen-bond donors (Lipinski definition) is 5. The molecule has 2 aromatic rings. The van der Waals surface area contributed by atoms with Gasteiger partial charge in [0.05, 0.1) is 25.0 Å². The molecule has 1 aromatic heterocycles. The van der Waals surface area contributed by atoms with Crippen molar-refractivity contribution in [3.05, 3.63) is 36.0 Å². The molecule has 11 heteroatoms. The third kappa shape index (κ3) is 7.52. The van der Waals surface area contributed by atoms with E-state index in [1.807, 2.05) is 30.5 Å². The number of carbonyl (C=O) groups excluding carboxylic acids is 2. The number of amides is 2. The smallest absolute Gasteiger partial charge is 0.261 e. The van der Waals surface area contributed by atoms with E-state index < -0.39 is 30.8 Å². The van der Waals surface area contributed by atoms with E-state index in [2.05, 4.69) is 15.5 Å². The minimum atomic E-state index is -1.18. The minimum absolute atomic E-state index is 0.146. The van der Waals surface area contributed by atoms with Crippen molar-refractivity contribution in [3.8, 4) is 0 Å². The molecule has 1 saturated heterocycles. The summed E-state index contributed by atoms with van der Waals surface area (Å²) in [5, 5.41) is 33.5. The molecule has 0 bridgehead atoms. The van der Waals surface area contributed by atoms with Crippen LogP contribution < -0.4 is 5.32 Å². The number of hydrogen-bond acceptors (Lipinski definition) is 8. The molecule has 11 nitrogen and oxygen atoms in total. The zero-order valence-corrected chi connectivity index (χ0v) is 19.7. The average Bonchev–Trinajstić information content (AvgIpc) is 3.27. The van der Waals surface area contributed by atoms with Crippen LogP contribution in [0.15, 0.2) is 35.6 Å². The lowest BCUT2D eigenvalue weighted by Gasteiger charge is -2.30. The lowest BCUT2D eigenvalue weighted by molar-refractivity contribution is -0.140. The Bertz CT molecular complexity index is 954. The van der Waals surface area contributed by atoms with E-state index in [1.54, 1.807) is 4.90 Å². The van der Waals surface area contributed by atoms with Crippen LogP contribution in [-0.4, -0.2) is 101 Å². The van der Waals surface area contributed by atoms with Crippen LogP contribution in [0.3, 0.4) is 0 Å². The molecule has 3 atom stereocenters. The number of aromatic nitrogens is 1. The van der Waals surface area contributed by atoms with Gasteiger partial charge in [-0.1, -0.05) is 23.4 Å². The molecule has 1 aromatic carbocycles. The van der Waals surface area contributed by atoms with Gasteiger partial charge in [-0.15, -0.1) is 0 Å². The van der Waals surface area contributed by atoms with Gasteiger partial charge in [-0.3, -0.25) is 9.59 Å². The van der Waals surface area contributed by atoms with Gasteiger partial charge in [0.15, 0.2) is 6.61 Å². The number of para-hydroxylation sites is 1. The standard InChI is InChI=1S/C22H30N4O6.CH4O/c1-14(21(29)15(2)27)25-32-13-20(28)24-19(22(30)26-7-9-31-10-8-26)11-16-12-23-18-6-4-3-5-17(16)18;1-2/h3-6,12,15,19,21,23,27,29H,7-11,13H2,1-2H3,(H,24,28);2H,1H3/b25-14-;. The molecule has 1 fully saturated rings. The topological polar surface area (TPSA) is 157 Å². The van der Waals surface area contributed by atoms with Crippen LogP contribution in [-0.2, 0) is 25.6 Å². The van der Waals surface area contributed by atoms with Gasteiger partial charge in [-0.25, -0.2) is 0 Å². The normalized spacial score (nSPS) is 16.8. The van der Waals surface area contributed by atoms with Gasteiger partial charge in [0.2, 0.25) is 5.91 Å². The Morgan fingerprint density at radius 3 is 2.59 bits per heavy atom. The summed E-state index contributed by atoms with van der Waals surface area (Å²) in [6.07, 6.45) is -0.0362. The number of aliphatic hydroxyl groups excluding tert-OH is 3. The number of rotatable bonds is 9. The van der Waals surface area contributed by atoms with Crippen LogP contribution in [0.1, 0.15) is 19.4 Å². The van der Waals surface area contributed by atoms with Crippen molar-refractivity contribution >= 4 is 28.4 Å². The van der Waals surface area contributed by atoms with Gasteiger partial charge < -0.3 is 40.1 Å². The number of nitrogens with zero attached hydrogens (tertiary/aromatic N) is 2. The highest BCUT2D eigenvalue weighted by molar-refractivity contribution is 5.90. The summed E-state index contributed by atoms with van der Waals surface area (Å²) in [6.45, 7) is 4.33. The Kier molecular flexibility index (Phi) is 10.9. The predicted molar refractivity (Wildman–Crippen MR) is 126 cm³/mol.